The molecule has 0 aliphatic carbocycles. The first kappa shape index (κ1) is 26.3. The zero-order chi connectivity index (χ0) is 25.9. The molecule has 196 valence electrons. The molecule has 5 N–H and O–H groups in total. The van der Waals surface area contributed by atoms with E-state index in [2.05, 4.69) is 28.9 Å². The van der Waals surface area contributed by atoms with Crippen LogP contribution in [0.2, 0.25) is 0 Å². The lowest BCUT2D eigenvalue weighted by Gasteiger charge is -2.38. The first-order valence-corrected chi connectivity index (χ1v) is 12.8. The molecule has 1 aromatic heterocycles. The summed E-state index contributed by atoms with van der Waals surface area (Å²) in [5.74, 6) is 0.935. The number of rotatable bonds is 7. The summed E-state index contributed by atoms with van der Waals surface area (Å²) in [7, 11) is 0. The molecule has 2 aliphatic heterocycles. The molecular formula is C26H39N7O3. The summed E-state index contributed by atoms with van der Waals surface area (Å²) >= 11 is 0. The van der Waals surface area contributed by atoms with E-state index in [1.807, 2.05) is 23.1 Å². The van der Waals surface area contributed by atoms with Gasteiger partial charge in [-0.2, -0.15) is 4.98 Å². The highest BCUT2D eigenvalue weighted by Crippen LogP contribution is 2.21. The minimum Gasteiger partial charge on any atom is -0.394 e. The van der Waals surface area contributed by atoms with Crippen LogP contribution in [-0.2, 0) is 11.3 Å². The molecule has 1 aromatic carbocycles. The Morgan fingerprint density at radius 1 is 1.11 bits per heavy atom. The fourth-order valence-electron chi connectivity index (χ4n) is 4.99. The number of nitrogens with zero attached hydrogens (tertiary/aromatic N) is 5. The Kier molecular flexibility index (Phi) is 8.09. The highest BCUT2D eigenvalue weighted by molar-refractivity contribution is 5.86. The zero-order valence-electron chi connectivity index (χ0n) is 21.3. The van der Waals surface area contributed by atoms with Gasteiger partial charge in [0, 0.05) is 45.0 Å². The van der Waals surface area contributed by atoms with E-state index in [9.17, 15) is 14.7 Å². The first-order valence-electron chi connectivity index (χ1n) is 12.8. The molecule has 2 saturated heterocycles. The van der Waals surface area contributed by atoms with Gasteiger partial charge in [-0.15, -0.1) is 0 Å². The van der Waals surface area contributed by atoms with Gasteiger partial charge in [0.05, 0.1) is 12.3 Å². The largest absolute Gasteiger partial charge is 0.394 e. The third kappa shape index (κ3) is 5.95. The van der Waals surface area contributed by atoms with Gasteiger partial charge in [-0.25, -0.2) is 4.79 Å². The van der Waals surface area contributed by atoms with E-state index in [1.165, 1.54) is 12.5 Å². The molecule has 0 bridgehead atoms. The minimum absolute atomic E-state index is 0.262. The van der Waals surface area contributed by atoms with Crippen molar-refractivity contribution in [1.29, 1.82) is 0 Å². The van der Waals surface area contributed by atoms with Crippen molar-refractivity contribution in [3.63, 3.8) is 0 Å². The number of anilines is 1. The SMILES string of the molecule is C[C@@H](N)C1CCN(Cc2ccc(-n3ccc(N4CCN(C(=O)C(C)(N)CO)CC4)nc3=O)cc2)CC1. The van der Waals surface area contributed by atoms with Crippen molar-refractivity contribution < 1.29 is 9.90 Å². The monoisotopic (exact) mass is 497 g/mol. The standard InChI is InChI=1S/C26H39N7O3/c1-19(27)21-7-10-30(11-8-21)17-20-3-5-22(6-4-20)33-12-9-23(29-25(33)36)31-13-15-32(16-14-31)24(35)26(2,28)18-34/h3-6,9,12,19,21,34H,7-8,10-11,13-18,27-28H2,1-2H3/t19-,26?/m1/s1. The van der Waals surface area contributed by atoms with E-state index in [0.717, 1.165) is 38.2 Å². The summed E-state index contributed by atoms with van der Waals surface area (Å²) in [5, 5.41) is 9.35. The summed E-state index contributed by atoms with van der Waals surface area (Å²) in [5.41, 5.74) is 12.3. The van der Waals surface area contributed by atoms with Crippen LogP contribution in [0.5, 0.6) is 0 Å². The molecule has 1 unspecified atom stereocenters. The summed E-state index contributed by atoms with van der Waals surface area (Å²) < 4.78 is 1.54. The van der Waals surface area contributed by atoms with Crippen molar-refractivity contribution in [2.75, 3.05) is 50.8 Å². The number of amides is 1. The molecule has 0 spiro atoms. The Labute approximate surface area is 212 Å². The Bertz CT molecular complexity index is 1080. The van der Waals surface area contributed by atoms with Crippen molar-refractivity contribution in [2.45, 2.75) is 44.8 Å². The number of carbonyl (C=O) groups excluding carboxylic acids is 1. The second-order valence-electron chi connectivity index (χ2n) is 10.4. The van der Waals surface area contributed by atoms with E-state index in [0.29, 0.717) is 37.9 Å². The average Bonchev–Trinajstić information content (AvgIpc) is 2.89. The summed E-state index contributed by atoms with van der Waals surface area (Å²) in [6.45, 7) is 8.25. The number of hydrogen-bond donors (Lipinski definition) is 3. The van der Waals surface area contributed by atoms with Crippen molar-refractivity contribution in [1.82, 2.24) is 19.4 Å². The molecule has 2 fully saturated rings. The molecule has 2 atom stereocenters. The Hall–Kier alpha value is -2.79. The normalized spacial score (nSPS) is 20.2. The van der Waals surface area contributed by atoms with Crippen LogP contribution in [0, 0.1) is 5.92 Å². The van der Waals surface area contributed by atoms with Gasteiger partial charge in [-0.3, -0.25) is 14.3 Å². The van der Waals surface area contributed by atoms with Crippen LogP contribution in [0.15, 0.2) is 41.3 Å². The van der Waals surface area contributed by atoms with Gasteiger partial charge >= 0.3 is 5.69 Å². The fourth-order valence-corrected chi connectivity index (χ4v) is 4.99. The second kappa shape index (κ2) is 11.1. The molecule has 1 amide bonds. The van der Waals surface area contributed by atoms with Crippen LogP contribution < -0.4 is 22.1 Å². The molecular weight excluding hydrogens is 458 g/mol. The van der Waals surface area contributed by atoms with Crippen LogP contribution in [0.4, 0.5) is 5.82 Å². The van der Waals surface area contributed by atoms with Gasteiger partial charge < -0.3 is 26.4 Å². The lowest BCUT2D eigenvalue weighted by molar-refractivity contribution is -0.138. The smallest absolute Gasteiger partial charge is 0.354 e. The maximum atomic E-state index is 12.8. The van der Waals surface area contributed by atoms with Gasteiger partial charge in [0.25, 0.3) is 0 Å². The van der Waals surface area contributed by atoms with E-state index in [1.54, 1.807) is 15.7 Å². The molecule has 0 radical (unpaired) electrons. The maximum absolute atomic E-state index is 12.8. The third-order valence-corrected chi connectivity index (χ3v) is 7.49. The molecule has 10 heteroatoms. The zero-order valence-corrected chi connectivity index (χ0v) is 21.3. The van der Waals surface area contributed by atoms with E-state index in [4.69, 9.17) is 11.5 Å². The molecule has 2 aromatic rings. The molecule has 2 aliphatic rings. The lowest BCUT2D eigenvalue weighted by Crippen LogP contribution is -2.60. The maximum Gasteiger partial charge on any atom is 0.354 e. The fraction of sp³-hybridized carbons (Fsp3) is 0.577. The van der Waals surface area contributed by atoms with Crippen LogP contribution in [0.3, 0.4) is 0 Å². The molecule has 0 saturated carbocycles. The number of aliphatic hydroxyl groups excluding tert-OH is 1. The molecule has 36 heavy (non-hydrogen) atoms. The van der Waals surface area contributed by atoms with Crippen molar-refractivity contribution in [2.24, 2.45) is 17.4 Å². The van der Waals surface area contributed by atoms with Crippen LogP contribution >= 0.6 is 0 Å². The minimum atomic E-state index is -1.28. The number of piperidine rings is 1. The van der Waals surface area contributed by atoms with Crippen molar-refractivity contribution >= 4 is 11.7 Å². The van der Waals surface area contributed by atoms with E-state index >= 15 is 0 Å². The van der Waals surface area contributed by atoms with Crippen molar-refractivity contribution in [3.05, 3.63) is 52.6 Å². The number of benzene rings is 1. The van der Waals surface area contributed by atoms with Gasteiger partial charge in [0.2, 0.25) is 5.91 Å². The Balaban J connectivity index is 1.34. The predicted octanol–water partition coefficient (Wildman–Crippen LogP) is 0.150. The molecule has 10 nitrogen and oxygen atoms in total. The lowest BCUT2D eigenvalue weighted by atomic mass is 9.91. The predicted molar refractivity (Wildman–Crippen MR) is 140 cm³/mol. The quantitative estimate of drug-likeness (QED) is 0.492. The summed E-state index contributed by atoms with van der Waals surface area (Å²) in [6, 6.07) is 10.2. The van der Waals surface area contributed by atoms with Crippen LogP contribution in [-0.4, -0.2) is 87.8 Å². The third-order valence-electron chi connectivity index (χ3n) is 7.49. The van der Waals surface area contributed by atoms with Gasteiger partial charge in [-0.1, -0.05) is 12.1 Å². The highest BCUT2D eigenvalue weighted by atomic mass is 16.3. The van der Waals surface area contributed by atoms with Crippen LogP contribution in [0.25, 0.3) is 5.69 Å². The first-order chi connectivity index (χ1) is 17.2. The van der Waals surface area contributed by atoms with E-state index in [-0.39, 0.29) is 17.6 Å². The van der Waals surface area contributed by atoms with Crippen LogP contribution in [0.1, 0.15) is 32.3 Å². The summed E-state index contributed by atoms with van der Waals surface area (Å²) in [4.78, 5) is 35.7. The number of carbonyl (C=O) groups is 1. The molecule has 3 heterocycles. The van der Waals surface area contributed by atoms with Crippen molar-refractivity contribution in [3.8, 4) is 5.69 Å². The molecule has 4 rings (SSSR count). The van der Waals surface area contributed by atoms with Gasteiger partial charge in [0.1, 0.15) is 11.4 Å². The van der Waals surface area contributed by atoms with Gasteiger partial charge in [-0.05, 0) is 69.5 Å². The number of likely N-dealkylation sites (tertiary alicyclic amines) is 1. The number of aromatic nitrogens is 2. The van der Waals surface area contributed by atoms with E-state index < -0.39 is 12.1 Å². The summed E-state index contributed by atoms with van der Waals surface area (Å²) in [6.07, 6.45) is 4.03. The number of nitrogens with two attached hydrogens (primary N) is 2. The topological polar surface area (TPSA) is 134 Å². The highest BCUT2D eigenvalue weighted by Gasteiger charge is 2.34. The average molecular weight is 498 g/mol. The number of piperazine rings is 1. The number of aliphatic hydroxyl groups is 1. The Morgan fingerprint density at radius 3 is 2.31 bits per heavy atom. The number of hydrogen-bond acceptors (Lipinski definition) is 8. The second-order valence-corrected chi connectivity index (χ2v) is 10.4. The Morgan fingerprint density at radius 2 is 1.75 bits per heavy atom. The van der Waals surface area contributed by atoms with Gasteiger partial charge in [0.15, 0.2) is 0 Å².